The molecule has 0 bridgehead atoms. The Balaban J connectivity index is 2.05. The Bertz CT molecular complexity index is 1180. The molecule has 0 saturated carbocycles. The molecule has 2 aliphatic heterocycles. The maximum Gasteiger partial charge on any atom is 0.241 e. The second kappa shape index (κ2) is 7.56. The molecule has 164 valence electrons. The van der Waals surface area contributed by atoms with Crippen molar-refractivity contribution in [2.45, 2.75) is 38.8 Å². The van der Waals surface area contributed by atoms with Crippen LogP contribution in [0.1, 0.15) is 37.8 Å². The van der Waals surface area contributed by atoms with Gasteiger partial charge in [0.1, 0.15) is 5.82 Å². The van der Waals surface area contributed by atoms with Gasteiger partial charge in [-0.15, -0.1) is 0 Å². The summed E-state index contributed by atoms with van der Waals surface area (Å²) in [5, 5.41) is 10.4. The second-order valence-electron chi connectivity index (χ2n) is 9.35. The van der Waals surface area contributed by atoms with Crippen LogP contribution in [0.25, 0.3) is 6.08 Å². The van der Waals surface area contributed by atoms with Gasteiger partial charge in [0.05, 0.1) is 18.2 Å². The van der Waals surface area contributed by atoms with E-state index in [9.17, 15) is 19.2 Å². The van der Waals surface area contributed by atoms with E-state index in [1.54, 1.807) is 6.08 Å². The van der Waals surface area contributed by atoms with Gasteiger partial charge >= 0.3 is 0 Å². The van der Waals surface area contributed by atoms with Crippen LogP contribution in [-0.4, -0.2) is 23.8 Å². The van der Waals surface area contributed by atoms with Gasteiger partial charge in [-0.05, 0) is 41.5 Å². The quantitative estimate of drug-likeness (QED) is 0.675. The normalized spacial score (nSPS) is 26.2. The van der Waals surface area contributed by atoms with Crippen molar-refractivity contribution in [2.24, 2.45) is 16.6 Å². The van der Waals surface area contributed by atoms with Crippen LogP contribution in [0.15, 0.2) is 53.0 Å². The zero-order chi connectivity index (χ0) is 23.4. The topological polar surface area (TPSA) is 87.2 Å². The van der Waals surface area contributed by atoms with Crippen molar-refractivity contribution < 1.29 is 14.0 Å². The lowest BCUT2D eigenvalue weighted by molar-refractivity contribution is -0.128. The Morgan fingerprint density at radius 3 is 2.41 bits per heavy atom. The van der Waals surface area contributed by atoms with Gasteiger partial charge in [0.25, 0.3) is 0 Å². The molecule has 2 aromatic rings. The largest absolute Gasteiger partial charge is 0.368 e. The number of nitriles is 1. The standard InChI is InChI=1S/C25H23BrFN3O2/c1-24(2,3)22(31)21-20(14-4-8-17(27)9-5-14)25(13-28,23(29)32)19-11-6-15-12-16(26)7-10-18(15)30(19)21/h4-12,19-21H,1-3H3,(H2,29,32)/t19-,20-,21-,25+/m0/s1. The van der Waals surface area contributed by atoms with E-state index < -0.39 is 40.6 Å². The van der Waals surface area contributed by atoms with Crippen molar-refractivity contribution >= 4 is 39.4 Å². The van der Waals surface area contributed by atoms with E-state index in [0.717, 1.165) is 15.7 Å². The Morgan fingerprint density at radius 2 is 1.84 bits per heavy atom. The van der Waals surface area contributed by atoms with E-state index in [1.807, 2.05) is 49.9 Å². The van der Waals surface area contributed by atoms with Crippen LogP contribution < -0.4 is 10.6 Å². The lowest BCUT2D eigenvalue weighted by Crippen LogP contribution is -2.49. The molecular weight excluding hydrogens is 473 g/mol. The number of carbonyl (C=O) groups is 2. The molecule has 2 aromatic carbocycles. The molecule has 1 fully saturated rings. The number of hydrogen-bond acceptors (Lipinski definition) is 4. The lowest BCUT2D eigenvalue weighted by atomic mass is 9.66. The number of nitrogens with two attached hydrogens (primary N) is 1. The van der Waals surface area contributed by atoms with Crippen molar-refractivity contribution in [2.75, 3.05) is 4.90 Å². The van der Waals surface area contributed by atoms with Crippen LogP contribution >= 0.6 is 15.9 Å². The first-order valence-corrected chi connectivity index (χ1v) is 11.1. The maximum atomic E-state index is 13.9. The molecular formula is C25H23BrFN3O2. The number of Topliss-reactive ketones (excluding diaryl/α,β-unsaturated/α-hetero) is 1. The van der Waals surface area contributed by atoms with Crippen LogP contribution in [0.2, 0.25) is 0 Å². The summed E-state index contributed by atoms with van der Waals surface area (Å²) < 4.78 is 14.6. The highest BCUT2D eigenvalue weighted by molar-refractivity contribution is 9.10. The minimum atomic E-state index is -1.72. The van der Waals surface area contributed by atoms with Crippen LogP contribution in [0.4, 0.5) is 10.1 Å². The van der Waals surface area contributed by atoms with E-state index in [0.29, 0.717) is 5.56 Å². The fourth-order valence-electron chi connectivity index (χ4n) is 4.95. The molecule has 1 saturated heterocycles. The fourth-order valence-corrected chi connectivity index (χ4v) is 5.32. The molecule has 4 atom stereocenters. The highest BCUT2D eigenvalue weighted by Gasteiger charge is 2.66. The van der Waals surface area contributed by atoms with E-state index >= 15 is 0 Å². The van der Waals surface area contributed by atoms with Crippen LogP contribution in [0.3, 0.4) is 0 Å². The smallest absolute Gasteiger partial charge is 0.241 e. The van der Waals surface area contributed by atoms with Gasteiger partial charge in [-0.1, -0.05) is 61.0 Å². The molecule has 0 aromatic heterocycles. The summed E-state index contributed by atoms with van der Waals surface area (Å²) in [5.41, 5.74) is 5.56. The monoisotopic (exact) mass is 495 g/mol. The van der Waals surface area contributed by atoms with Crippen LogP contribution in [0.5, 0.6) is 0 Å². The number of nitrogens with zero attached hydrogens (tertiary/aromatic N) is 2. The highest BCUT2D eigenvalue weighted by Crippen LogP contribution is 2.56. The molecule has 1 amide bonds. The van der Waals surface area contributed by atoms with Gasteiger partial charge in [0.2, 0.25) is 5.91 Å². The van der Waals surface area contributed by atoms with Gasteiger partial charge in [0, 0.05) is 21.5 Å². The Hall–Kier alpha value is -2.98. The predicted molar refractivity (Wildman–Crippen MR) is 124 cm³/mol. The van der Waals surface area contributed by atoms with Crippen LogP contribution in [-0.2, 0) is 9.59 Å². The summed E-state index contributed by atoms with van der Waals surface area (Å²) in [6, 6.07) is 11.9. The summed E-state index contributed by atoms with van der Waals surface area (Å²) in [5.74, 6) is -2.25. The summed E-state index contributed by atoms with van der Waals surface area (Å²) in [7, 11) is 0. The number of benzene rings is 2. The van der Waals surface area contributed by atoms with Crippen molar-refractivity contribution in [3.63, 3.8) is 0 Å². The number of halogens is 2. The van der Waals surface area contributed by atoms with Crippen LogP contribution in [0, 0.1) is 28.0 Å². The Kier molecular flexibility index (Phi) is 5.25. The highest BCUT2D eigenvalue weighted by atomic mass is 79.9. The Morgan fingerprint density at radius 1 is 1.19 bits per heavy atom. The minimum absolute atomic E-state index is 0.126. The molecule has 2 heterocycles. The second-order valence-corrected chi connectivity index (χ2v) is 10.3. The van der Waals surface area contributed by atoms with Crippen molar-refractivity contribution in [1.29, 1.82) is 5.26 Å². The molecule has 0 spiro atoms. The summed E-state index contributed by atoms with van der Waals surface area (Å²) in [4.78, 5) is 28.7. The third-order valence-corrected chi connectivity index (χ3v) is 6.92. The number of carbonyl (C=O) groups excluding carboxylic acids is 2. The zero-order valence-electron chi connectivity index (χ0n) is 18.0. The minimum Gasteiger partial charge on any atom is -0.368 e. The van der Waals surface area contributed by atoms with E-state index in [2.05, 4.69) is 22.0 Å². The average Bonchev–Trinajstić information content (AvgIpc) is 3.04. The fraction of sp³-hybridized carbons (Fsp3) is 0.320. The van der Waals surface area contributed by atoms with E-state index in [1.165, 1.54) is 24.3 Å². The number of rotatable bonds is 3. The third kappa shape index (κ3) is 3.17. The molecule has 32 heavy (non-hydrogen) atoms. The number of primary amides is 1. The molecule has 7 heteroatoms. The third-order valence-electron chi connectivity index (χ3n) is 6.43. The van der Waals surface area contributed by atoms with Gasteiger partial charge < -0.3 is 10.6 Å². The first kappa shape index (κ1) is 22.2. The molecule has 4 rings (SSSR count). The van der Waals surface area contributed by atoms with E-state index in [-0.39, 0.29) is 5.78 Å². The van der Waals surface area contributed by atoms with Crippen molar-refractivity contribution in [3.05, 3.63) is 70.0 Å². The predicted octanol–water partition coefficient (Wildman–Crippen LogP) is 4.57. The number of amides is 1. The molecule has 0 aliphatic carbocycles. The molecule has 2 N–H and O–H groups in total. The van der Waals surface area contributed by atoms with E-state index in [4.69, 9.17) is 5.73 Å². The van der Waals surface area contributed by atoms with Gasteiger partial charge in [-0.3, -0.25) is 9.59 Å². The van der Waals surface area contributed by atoms with Gasteiger partial charge in [-0.2, -0.15) is 5.26 Å². The van der Waals surface area contributed by atoms with Gasteiger partial charge in [0.15, 0.2) is 11.2 Å². The van der Waals surface area contributed by atoms with Gasteiger partial charge in [-0.25, -0.2) is 4.39 Å². The first-order chi connectivity index (χ1) is 15.0. The van der Waals surface area contributed by atoms with Crippen molar-refractivity contribution in [1.82, 2.24) is 0 Å². The molecule has 0 radical (unpaired) electrons. The number of anilines is 1. The molecule has 2 aliphatic rings. The summed E-state index contributed by atoms with van der Waals surface area (Å²) >= 11 is 3.47. The zero-order valence-corrected chi connectivity index (χ0v) is 19.6. The lowest BCUT2D eigenvalue weighted by Gasteiger charge is -2.37. The summed E-state index contributed by atoms with van der Waals surface area (Å²) in [6.07, 6.45) is 3.62. The Labute approximate surface area is 194 Å². The number of ketones is 1. The summed E-state index contributed by atoms with van der Waals surface area (Å²) in [6.45, 7) is 5.43. The maximum absolute atomic E-state index is 13.9. The van der Waals surface area contributed by atoms with Crippen molar-refractivity contribution in [3.8, 4) is 6.07 Å². The number of hydrogen-bond donors (Lipinski definition) is 1. The SMILES string of the molecule is CC(C)(C)C(=O)[C@@H]1[C@H](c2ccc(F)cc2)[C@](C#N)(C(N)=O)[C@@H]2C=Cc3cc(Br)ccc3N12. The molecule has 5 nitrogen and oxygen atoms in total. The first-order valence-electron chi connectivity index (χ1n) is 10.3. The average molecular weight is 496 g/mol. The molecule has 0 unspecified atom stereocenters. The number of fused-ring (bicyclic) bond motifs is 3.